The maximum absolute atomic E-state index is 12.1. The van der Waals surface area contributed by atoms with Crippen LogP contribution in [0.15, 0.2) is 23.3 Å². The van der Waals surface area contributed by atoms with Crippen LogP contribution in [0.1, 0.15) is 47.0 Å². The zero-order valence-corrected chi connectivity index (χ0v) is 17.1. The summed E-state index contributed by atoms with van der Waals surface area (Å²) in [5.74, 6) is 0.565. The molecule has 3 rings (SSSR count). The molecule has 4 heteroatoms. The summed E-state index contributed by atoms with van der Waals surface area (Å²) in [7, 11) is -1.90. The Morgan fingerprint density at radius 3 is 2.71 bits per heavy atom. The van der Waals surface area contributed by atoms with Crippen LogP contribution in [0.3, 0.4) is 0 Å². The van der Waals surface area contributed by atoms with Crippen molar-refractivity contribution in [2.45, 2.75) is 71.2 Å². The van der Waals surface area contributed by atoms with Gasteiger partial charge >= 0.3 is 0 Å². The fraction of sp³-hybridized carbons (Fsp3) is 0.750. The Morgan fingerprint density at radius 2 is 2.04 bits per heavy atom. The molecule has 1 saturated heterocycles. The maximum Gasteiger partial charge on any atom is 0.192 e. The largest absolute Gasteiger partial charge is 0.410 e. The van der Waals surface area contributed by atoms with Crippen molar-refractivity contribution in [2.75, 3.05) is 13.2 Å². The molecule has 3 aliphatic rings. The van der Waals surface area contributed by atoms with Gasteiger partial charge in [0.25, 0.3) is 0 Å². The number of carbonyl (C=O) groups is 1. The lowest BCUT2D eigenvalue weighted by atomic mass is 9.62. The van der Waals surface area contributed by atoms with Crippen molar-refractivity contribution in [3.8, 4) is 0 Å². The molecule has 1 heterocycles. The van der Waals surface area contributed by atoms with Gasteiger partial charge in [-0.1, -0.05) is 32.4 Å². The summed E-state index contributed by atoms with van der Waals surface area (Å²) in [5, 5.41) is 0.174. The Kier molecular flexibility index (Phi) is 4.47. The molecular weight excluding hydrogens is 316 g/mol. The maximum atomic E-state index is 12.1. The van der Waals surface area contributed by atoms with Gasteiger partial charge in [-0.25, -0.2) is 0 Å². The van der Waals surface area contributed by atoms with Crippen LogP contribution in [0.2, 0.25) is 18.1 Å². The van der Waals surface area contributed by atoms with Gasteiger partial charge < -0.3 is 9.16 Å². The van der Waals surface area contributed by atoms with Crippen molar-refractivity contribution in [3.05, 3.63) is 23.3 Å². The van der Waals surface area contributed by atoms with Gasteiger partial charge in [0.15, 0.2) is 14.1 Å². The topological polar surface area (TPSA) is 35.5 Å². The Hall–Kier alpha value is -0.713. The van der Waals surface area contributed by atoms with E-state index in [1.807, 2.05) is 6.08 Å². The van der Waals surface area contributed by atoms with Gasteiger partial charge in [0.2, 0.25) is 0 Å². The summed E-state index contributed by atoms with van der Waals surface area (Å²) >= 11 is 0. The molecule has 134 valence electrons. The van der Waals surface area contributed by atoms with Crippen LogP contribution >= 0.6 is 0 Å². The first kappa shape index (κ1) is 18.1. The van der Waals surface area contributed by atoms with E-state index < -0.39 is 8.32 Å². The SMILES string of the molecule is CC1=C[C@H](O[Si](C)(C)C(C)(C)C)[C@@]2(CC1)COCC1=CC(=O)C[C@@H]12. The predicted molar refractivity (Wildman–Crippen MR) is 99.5 cm³/mol. The zero-order valence-electron chi connectivity index (χ0n) is 16.1. The Morgan fingerprint density at radius 1 is 1.33 bits per heavy atom. The molecule has 1 spiro atoms. The number of fused-ring (bicyclic) bond motifs is 2. The van der Waals surface area contributed by atoms with Gasteiger partial charge in [-0.3, -0.25) is 4.79 Å². The first-order chi connectivity index (χ1) is 11.1. The van der Waals surface area contributed by atoms with Crippen molar-refractivity contribution in [2.24, 2.45) is 11.3 Å². The highest BCUT2D eigenvalue weighted by Crippen LogP contribution is 2.53. The monoisotopic (exact) mass is 348 g/mol. The quantitative estimate of drug-likeness (QED) is 0.538. The molecule has 24 heavy (non-hydrogen) atoms. The highest BCUT2D eigenvalue weighted by atomic mass is 28.4. The van der Waals surface area contributed by atoms with Gasteiger partial charge in [0, 0.05) is 17.8 Å². The summed E-state index contributed by atoms with van der Waals surface area (Å²) in [5.41, 5.74) is 2.54. The van der Waals surface area contributed by atoms with E-state index in [1.165, 1.54) is 11.1 Å². The third-order valence-corrected chi connectivity index (χ3v) is 11.2. The van der Waals surface area contributed by atoms with Crippen LogP contribution in [-0.2, 0) is 14.0 Å². The molecule has 0 radical (unpaired) electrons. The molecule has 0 N–H and O–H groups in total. The van der Waals surface area contributed by atoms with Gasteiger partial charge in [-0.15, -0.1) is 0 Å². The molecule has 0 aromatic carbocycles. The van der Waals surface area contributed by atoms with Crippen LogP contribution in [0.4, 0.5) is 0 Å². The molecule has 1 aliphatic heterocycles. The fourth-order valence-electron chi connectivity index (χ4n) is 4.13. The van der Waals surface area contributed by atoms with E-state index in [0.717, 1.165) is 12.8 Å². The minimum atomic E-state index is -1.90. The second-order valence-corrected chi connectivity index (χ2v) is 14.2. The molecule has 3 nitrogen and oxygen atoms in total. The van der Waals surface area contributed by atoms with E-state index in [4.69, 9.17) is 9.16 Å². The summed E-state index contributed by atoms with van der Waals surface area (Å²) in [6.07, 6.45) is 7.01. The molecule has 0 unspecified atom stereocenters. The molecule has 0 aromatic heterocycles. The lowest BCUT2D eigenvalue weighted by molar-refractivity contribution is -0.118. The third-order valence-electron chi connectivity index (χ3n) is 6.75. The molecular formula is C20H32O3Si. The van der Waals surface area contributed by atoms with Crippen molar-refractivity contribution < 1.29 is 14.0 Å². The smallest absolute Gasteiger partial charge is 0.192 e. The molecule has 0 amide bonds. The van der Waals surface area contributed by atoms with Crippen LogP contribution < -0.4 is 0 Å². The number of rotatable bonds is 2. The van der Waals surface area contributed by atoms with E-state index in [1.54, 1.807) is 0 Å². The first-order valence-electron chi connectivity index (χ1n) is 9.21. The van der Waals surface area contributed by atoms with E-state index in [9.17, 15) is 4.79 Å². The highest BCUT2D eigenvalue weighted by molar-refractivity contribution is 6.74. The second-order valence-electron chi connectivity index (χ2n) is 9.48. The molecule has 0 bridgehead atoms. The Bertz CT molecular complexity index is 596. The Labute approximate surface area is 147 Å². The number of hydrogen-bond acceptors (Lipinski definition) is 3. The van der Waals surface area contributed by atoms with Gasteiger partial charge in [0.05, 0.1) is 19.3 Å². The van der Waals surface area contributed by atoms with E-state index in [-0.39, 0.29) is 22.3 Å². The summed E-state index contributed by atoms with van der Waals surface area (Å²) in [4.78, 5) is 12.1. The number of hydrogen-bond donors (Lipinski definition) is 0. The minimum absolute atomic E-state index is 0.0618. The van der Waals surface area contributed by atoms with Crippen molar-refractivity contribution in [3.63, 3.8) is 0 Å². The van der Waals surface area contributed by atoms with Crippen molar-refractivity contribution in [1.29, 1.82) is 0 Å². The third kappa shape index (κ3) is 2.97. The summed E-state index contributed by atoms with van der Waals surface area (Å²) in [6, 6.07) is 0. The van der Waals surface area contributed by atoms with E-state index in [0.29, 0.717) is 25.6 Å². The average molecular weight is 349 g/mol. The number of ketones is 1. The first-order valence-corrected chi connectivity index (χ1v) is 12.1. The lowest BCUT2D eigenvalue weighted by Crippen LogP contribution is -2.55. The predicted octanol–water partition coefficient (Wildman–Crippen LogP) is 4.65. The Balaban J connectivity index is 1.97. The van der Waals surface area contributed by atoms with Crippen LogP contribution in [0.25, 0.3) is 0 Å². The number of ether oxygens (including phenoxy) is 1. The molecule has 3 atom stereocenters. The fourth-order valence-corrected chi connectivity index (χ4v) is 5.42. The normalized spacial score (nSPS) is 34.2. The number of carbonyl (C=O) groups excluding carboxylic acids is 1. The van der Waals surface area contributed by atoms with Gasteiger partial charge in [-0.05, 0) is 49.5 Å². The van der Waals surface area contributed by atoms with Crippen molar-refractivity contribution >= 4 is 14.1 Å². The standard InChI is InChI=1S/C20H32O3Si/c1-14-7-8-20(13-22-12-15-10-16(21)11-17(15)20)18(9-14)23-24(5,6)19(2,3)4/h9-10,17-18H,7-8,11-13H2,1-6H3/t17-,18-,20-/m0/s1. The molecule has 0 saturated carbocycles. The molecule has 2 aliphatic carbocycles. The minimum Gasteiger partial charge on any atom is -0.410 e. The average Bonchev–Trinajstić information content (AvgIpc) is 2.83. The number of allylic oxidation sites excluding steroid dienone is 2. The molecule has 0 aromatic rings. The van der Waals surface area contributed by atoms with Gasteiger partial charge in [-0.2, -0.15) is 0 Å². The summed E-state index contributed by atoms with van der Waals surface area (Å²) in [6.45, 7) is 15.0. The van der Waals surface area contributed by atoms with Crippen LogP contribution in [0, 0.1) is 11.3 Å². The van der Waals surface area contributed by atoms with Crippen LogP contribution in [0.5, 0.6) is 0 Å². The van der Waals surface area contributed by atoms with Crippen LogP contribution in [-0.4, -0.2) is 33.4 Å². The van der Waals surface area contributed by atoms with E-state index >= 15 is 0 Å². The lowest BCUT2D eigenvalue weighted by Gasteiger charge is -2.52. The highest BCUT2D eigenvalue weighted by Gasteiger charge is 2.54. The zero-order chi connectivity index (χ0) is 17.8. The van der Waals surface area contributed by atoms with Crippen molar-refractivity contribution in [1.82, 2.24) is 0 Å². The molecule has 1 fully saturated rings. The second kappa shape index (κ2) is 5.92. The van der Waals surface area contributed by atoms with E-state index in [2.05, 4.69) is 46.9 Å². The van der Waals surface area contributed by atoms with Gasteiger partial charge in [0.1, 0.15) is 0 Å². The summed E-state index contributed by atoms with van der Waals surface area (Å²) < 4.78 is 12.9.